The van der Waals surface area contributed by atoms with E-state index >= 15 is 0 Å². The average Bonchev–Trinajstić information content (AvgIpc) is 2.80. The van der Waals surface area contributed by atoms with Crippen molar-refractivity contribution in [1.82, 2.24) is 9.62 Å². The molecular weight excluding hydrogens is 427 g/mol. The highest BCUT2D eigenvalue weighted by Gasteiger charge is 2.30. The molecule has 3 aromatic carbocycles. The van der Waals surface area contributed by atoms with Crippen LogP contribution in [0.3, 0.4) is 0 Å². The van der Waals surface area contributed by atoms with Crippen LogP contribution < -0.4 is 5.32 Å². The topological polar surface area (TPSA) is 66.5 Å². The van der Waals surface area contributed by atoms with Gasteiger partial charge in [-0.1, -0.05) is 60.7 Å². The number of benzene rings is 3. The van der Waals surface area contributed by atoms with Gasteiger partial charge in [0.15, 0.2) is 0 Å². The van der Waals surface area contributed by atoms with Crippen LogP contribution in [0.25, 0.3) is 0 Å². The van der Waals surface area contributed by atoms with Gasteiger partial charge in [0.25, 0.3) is 0 Å². The Kier molecular flexibility index (Phi) is 8.14. The highest BCUT2D eigenvalue weighted by Crippen LogP contribution is 2.27. The van der Waals surface area contributed by atoms with E-state index in [1.165, 1.54) is 16.4 Å². The summed E-state index contributed by atoms with van der Waals surface area (Å²) in [6.45, 7) is 2.26. The van der Waals surface area contributed by atoms with Crippen molar-refractivity contribution in [3.8, 4) is 0 Å². The molecule has 1 amide bonds. The molecule has 3 aromatic rings. The normalized spacial score (nSPS) is 12.5. The zero-order valence-electron chi connectivity index (χ0n) is 17.9. The first kappa shape index (κ1) is 23.6. The molecule has 0 aromatic heterocycles. The van der Waals surface area contributed by atoms with E-state index in [4.69, 9.17) is 0 Å². The summed E-state index contributed by atoms with van der Waals surface area (Å²) in [4.78, 5) is 12.4. The predicted molar refractivity (Wildman–Crippen MR) is 123 cm³/mol. The number of rotatable bonds is 10. The molecule has 0 heterocycles. The van der Waals surface area contributed by atoms with Crippen LogP contribution in [0.4, 0.5) is 4.39 Å². The Bertz CT molecular complexity index is 1100. The number of hydrogen-bond donors (Lipinski definition) is 1. The molecule has 1 N–H and O–H groups in total. The van der Waals surface area contributed by atoms with Crippen molar-refractivity contribution in [3.05, 3.63) is 102 Å². The largest absolute Gasteiger partial charge is 0.356 e. The maximum atomic E-state index is 13.3. The van der Waals surface area contributed by atoms with Gasteiger partial charge in [-0.05, 0) is 48.7 Å². The Morgan fingerprint density at radius 3 is 2.16 bits per heavy atom. The van der Waals surface area contributed by atoms with E-state index in [1.54, 1.807) is 6.92 Å². The van der Waals surface area contributed by atoms with Gasteiger partial charge in [-0.25, -0.2) is 12.8 Å². The molecule has 3 rings (SSSR count). The van der Waals surface area contributed by atoms with Gasteiger partial charge < -0.3 is 5.32 Å². The summed E-state index contributed by atoms with van der Waals surface area (Å²) in [5.74, 6) is -0.732. The van der Waals surface area contributed by atoms with Gasteiger partial charge in [-0.3, -0.25) is 4.79 Å². The minimum Gasteiger partial charge on any atom is -0.356 e. The van der Waals surface area contributed by atoms with Gasteiger partial charge in [0, 0.05) is 25.6 Å². The molecule has 32 heavy (non-hydrogen) atoms. The minimum atomic E-state index is -3.94. The fourth-order valence-electron chi connectivity index (χ4n) is 3.45. The fraction of sp³-hybridized carbons (Fsp3) is 0.240. The first-order valence-electron chi connectivity index (χ1n) is 10.5. The van der Waals surface area contributed by atoms with E-state index in [2.05, 4.69) is 5.32 Å². The van der Waals surface area contributed by atoms with Crippen LogP contribution in [0.1, 0.15) is 30.5 Å². The molecule has 0 aliphatic rings. The van der Waals surface area contributed by atoms with E-state index in [0.29, 0.717) is 13.0 Å². The lowest BCUT2D eigenvalue weighted by molar-refractivity contribution is -0.121. The molecule has 0 bridgehead atoms. The van der Waals surface area contributed by atoms with Gasteiger partial charge in [0.1, 0.15) is 5.82 Å². The van der Waals surface area contributed by atoms with Gasteiger partial charge in [-0.15, -0.1) is 0 Å². The lowest BCUT2D eigenvalue weighted by Gasteiger charge is -2.28. The maximum Gasteiger partial charge on any atom is 0.243 e. The smallest absolute Gasteiger partial charge is 0.243 e. The molecule has 168 valence electrons. The highest BCUT2D eigenvalue weighted by molar-refractivity contribution is 7.89. The lowest BCUT2D eigenvalue weighted by atomic mass is 10.1. The van der Waals surface area contributed by atoms with Crippen molar-refractivity contribution in [2.45, 2.75) is 30.7 Å². The third kappa shape index (κ3) is 6.24. The van der Waals surface area contributed by atoms with Crippen LogP contribution in [0, 0.1) is 5.82 Å². The van der Waals surface area contributed by atoms with E-state index in [-0.39, 0.29) is 23.8 Å². The summed E-state index contributed by atoms with van der Waals surface area (Å²) >= 11 is 0. The van der Waals surface area contributed by atoms with Gasteiger partial charge >= 0.3 is 0 Å². The molecule has 0 spiro atoms. The van der Waals surface area contributed by atoms with Crippen LogP contribution in [0.5, 0.6) is 0 Å². The predicted octanol–water partition coefficient (Wildman–Crippen LogP) is 4.33. The minimum absolute atomic E-state index is 0.00689. The molecule has 1 atom stereocenters. The molecule has 7 heteroatoms. The molecule has 0 aliphatic heterocycles. The monoisotopic (exact) mass is 454 g/mol. The first-order chi connectivity index (χ1) is 15.4. The zero-order valence-corrected chi connectivity index (χ0v) is 18.8. The number of halogens is 1. The van der Waals surface area contributed by atoms with Crippen LogP contribution in [0.2, 0.25) is 0 Å². The van der Waals surface area contributed by atoms with Crippen molar-refractivity contribution < 1.29 is 17.6 Å². The maximum absolute atomic E-state index is 13.3. The summed E-state index contributed by atoms with van der Waals surface area (Å²) in [6, 6.07) is 23.3. The SMILES string of the molecule is CC(c1ccccc1)N(CCC(=O)NCCc1ccccc1)S(=O)(=O)c1ccc(F)cc1. The second kappa shape index (κ2) is 11.0. The summed E-state index contributed by atoms with van der Waals surface area (Å²) in [5, 5.41) is 2.85. The number of sulfonamides is 1. The highest BCUT2D eigenvalue weighted by atomic mass is 32.2. The van der Waals surface area contributed by atoms with Crippen molar-refractivity contribution in [2.24, 2.45) is 0 Å². The van der Waals surface area contributed by atoms with E-state index in [0.717, 1.165) is 23.3 Å². The first-order valence-corrected chi connectivity index (χ1v) is 11.9. The molecule has 0 saturated heterocycles. The van der Waals surface area contributed by atoms with Crippen LogP contribution in [0.15, 0.2) is 89.8 Å². The number of carbonyl (C=O) groups excluding carboxylic acids is 1. The number of hydrogen-bond acceptors (Lipinski definition) is 3. The second-order valence-corrected chi connectivity index (χ2v) is 9.38. The van der Waals surface area contributed by atoms with Crippen LogP contribution in [-0.4, -0.2) is 31.7 Å². The Morgan fingerprint density at radius 2 is 1.53 bits per heavy atom. The standard InChI is InChI=1S/C25H27FN2O3S/c1-20(22-10-6-3-7-11-22)28(32(30,31)24-14-12-23(26)13-15-24)19-17-25(29)27-18-16-21-8-4-2-5-9-21/h2-15,20H,16-19H2,1H3,(H,27,29). The number of amides is 1. The van der Waals surface area contributed by atoms with Crippen LogP contribution in [-0.2, 0) is 21.2 Å². The van der Waals surface area contributed by atoms with E-state index in [9.17, 15) is 17.6 Å². The van der Waals surface area contributed by atoms with Crippen molar-refractivity contribution >= 4 is 15.9 Å². The molecule has 5 nitrogen and oxygen atoms in total. The molecule has 0 fully saturated rings. The van der Waals surface area contributed by atoms with E-state index < -0.39 is 21.9 Å². The summed E-state index contributed by atoms with van der Waals surface area (Å²) < 4.78 is 41.3. The fourth-order valence-corrected chi connectivity index (χ4v) is 5.07. The molecule has 0 radical (unpaired) electrons. The lowest BCUT2D eigenvalue weighted by Crippen LogP contribution is -2.37. The third-order valence-corrected chi connectivity index (χ3v) is 7.26. The Morgan fingerprint density at radius 1 is 0.938 bits per heavy atom. The molecule has 0 aliphatic carbocycles. The quantitative estimate of drug-likeness (QED) is 0.496. The number of nitrogens with one attached hydrogen (secondary N) is 1. The Labute approximate surface area is 188 Å². The third-order valence-electron chi connectivity index (χ3n) is 5.27. The van der Waals surface area contributed by atoms with Gasteiger partial charge in [0.2, 0.25) is 15.9 Å². The Hall–Kier alpha value is -3.03. The van der Waals surface area contributed by atoms with Gasteiger partial charge in [-0.2, -0.15) is 4.31 Å². The Balaban J connectivity index is 1.71. The second-order valence-electron chi connectivity index (χ2n) is 7.49. The summed E-state index contributed by atoms with van der Waals surface area (Å²) in [5.41, 5.74) is 1.92. The van der Waals surface area contributed by atoms with Gasteiger partial charge in [0.05, 0.1) is 4.90 Å². The number of nitrogens with zero attached hydrogens (tertiary/aromatic N) is 1. The molecular formula is C25H27FN2O3S. The number of carbonyl (C=O) groups is 1. The van der Waals surface area contributed by atoms with Crippen molar-refractivity contribution in [3.63, 3.8) is 0 Å². The summed E-state index contributed by atoms with van der Waals surface area (Å²) in [6.07, 6.45) is 0.719. The zero-order chi connectivity index (χ0) is 23.0. The van der Waals surface area contributed by atoms with Crippen molar-refractivity contribution in [2.75, 3.05) is 13.1 Å². The van der Waals surface area contributed by atoms with E-state index in [1.807, 2.05) is 60.7 Å². The molecule has 0 saturated carbocycles. The average molecular weight is 455 g/mol. The van der Waals surface area contributed by atoms with Crippen molar-refractivity contribution in [1.29, 1.82) is 0 Å². The summed E-state index contributed by atoms with van der Waals surface area (Å²) in [7, 11) is -3.94. The molecule has 1 unspecified atom stereocenters. The van der Waals surface area contributed by atoms with Crippen LogP contribution >= 0.6 is 0 Å².